The predicted octanol–water partition coefficient (Wildman–Crippen LogP) is 1.77. The van der Waals surface area contributed by atoms with Crippen molar-refractivity contribution in [2.24, 2.45) is 5.73 Å². The van der Waals surface area contributed by atoms with Crippen LogP contribution in [0.25, 0.3) is 6.08 Å². The topological polar surface area (TPSA) is 35.2 Å². The van der Waals surface area contributed by atoms with Gasteiger partial charge in [0.15, 0.2) is 0 Å². The summed E-state index contributed by atoms with van der Waals surface area (Å²) in [4.78, 5) is 0. The maximum atomic E-state index is 5.44. The first-order valence-electron chi connectivity index (χ1n) is 4.95. The Hall–Kier alpha value is -1.12. The minimum absolute atomic E-state index is 0.577. The quantitative estimate of drug-likeness (QED) is 0.786. The fourth-order valence-electron chi connectivity index (χ4n) is 1.64. The molecule has 2 rings (SSSR count). The zero-order valence-electron chi connectivity index (χ0n) is 8.15. The number of nitrogens with two attached hydrogens (primary N) is 1. The Kier molecular flexibility index (Phi) is 2.96. The highest BCUT2D eigenvalue weighted by atomic mass is 16.5. The van der Waals surface area contributed by atoms with Crippen molar-refractivity contribution in [3.63, 3.8) is 0 Å². The average molecular weight is 189 g/mol. The summed E-state index contributed by atoms with van der Waals surface area (Å²) in [6.45, 7) is 2.30. The van der Waals surface area contributed by atoms with Crippen LogP contribution in [0.15, 0.2) is 30.3 Å². The molecular formula is C12H15NO. The summed E-state index contributed by atoms with van der Waals surface area (Å²) in [5.41, 5.74) is 8.09. The van der Waals surface area contributed by atoms with Crippen LogP contribution in [0.4, 0.5) is 0 Å². The molecule has 1 aromatic rings. The van der Waals surface area contributed by atoms with Crippen LogP contribution >= 0.6 is 0 Å². The highest BCUT2D eigenvalue weighted by Gasteiger charge is 2.21. The number of ether oxygens (including phenoxy) is 1. The molecule has 0 bridgehead atoms. The zero-order valence-corrected chi connectivity index (χ0v) is 8.15. The van der Waals surface area contributed by atoms with Crippen molar-refractivity contribution >= 4 is 6.08 Å². The van der Waals surface area contributed by atoms with E-state index >= 15 is 0 Å². The monoisotopic (exact) mass is 189 g/mol. The van der Waals surface area contributed by atoms with E-state index in [1.165, 1.54) is 11.1 Å². The molecule has 0 unspecified atom stereocenters. The fourth-order valence-corrected chi connectivity index (χ4v) is 1.64. The van der Waals surface area contributed by atoms with Crippen molar-refractivity contribution < 1.29 is 4.74 Å². The molecule has 1 aliphatic heterocycles. The first-order valence-corrected chi connectivity index (χ1v) is 4.95. The molecule has 2 heteroatoms. The second-order valence-corrected chi connectivity index (χ2v) is 3.50. The van der Waals surface area contributed by atoms with Gasteiger partial charge in [0.25, 0.3) is 0 Å². The lowest BCUT2D eigenvalue weighted by atomic mass is 9.93. The van der Waals surface area contributed by atoms with Crippen LogP contribution in [0.1, 0.15) is 17.0 Å². The molecule has 2 N–H and O–H groups in total. The Balaban J connectivity index is 2.23. The lowest BCUT2D eigenvalue weighted by Gasteiger charge is -2.27. The Morgan fingerprint density at radius 3 is 2.79 bits per heavy atom. The van der Waals surface area contributed by atoms with E-state index in [0.29, 0.717) is 12.5 Å². The maximum Gasteiger partial charge on any atom is 0.0557 e. The number of benzene rings is 1. The molecule has 1 heterocycles. The van der Waals surface area contributed by atoms with Gasteiger partial charge < -0.3 is 10.5 Å². The molecule has 0 amide bonds. The van der Waals surface area contributed by atoms with Gasteiger partial charge in [-0.05, 0) is 11.1 Å². The van der Waals surface area contributed by atoms with Crippen molar-refractivity contribution in [1.29, 1.82) is 0 Å². The van der Waals surface area contributed by atoms with Gasteiger partial charge in [0.05, 0.1) is 13.2 Å². The standard InChI is InChI=1S/C12H15NO/c13-7-3-5-10-4-1-2-6-12(10)11-8-14-9-11/h1-6,11H,7-9,13H2/b5-3+. The third-order valence-electron chi connectivity index (χ3n) is 2.51. The Morgan fingerprint density at radius 2 is 2.14 bits per heavy atom. The van der Waals surface area contributed by atoms with E-state index in [9.17, 15) is 0 Å². The van der Waals surface area contributed by atoms with Crippen molar-refractivity contribution in [1.82, 2.24) is 0 Å². The molecule has 74 valence electrons. The van der Waals surface area contributed by atoms with Crippen molar-refractivity contribution in [2.75, 3.05) is 19.8 Å². The van der Waals surface area contributed by atoms with Crippen LogP contribution in [0.3, 0.4) is 0 Å². The van der Waals surface area contributed by atoms with Crippen LogP contribution in [0.5, 0.6) is 0 Å². The van der Waals surface area contributed by atoms with Gasteiger partial charge in [0.2, 0.25) is 0 Å². The van der Waals surface area contributed by atoms with Gasteiger partial charge in [-0.25, -0.2) is 0 Å². The van der Waals surface area contributed by atoms with Crippen molar-refractivity contribution in [3.05, 3.63) is 41.5 Å². The predicted molar refractivity (Wildman–Crippen MR) is 58.1 cm³/mol. The summed E-state index contributed by atoms with van der Waals surface area (Å²) in [7, 11) is 0. The Labute approximate surface area is 84.4 Å². The van der Waals surface area contributed by atoms with E-state index < -0.39 is 0 Å². The minimum atomic E-state index is 0.577. The van der Waals surface area contributed by atoms with E-state index in [4.69, 9.17) is 10.5 Å². The van der Waals surface area contributed by atoms with E-state index in [1.54, 1.807) is 0 Å². The Morgan fingerprint density at radius 1 is 1.36 bits per heavy atom. The number of hydrogen-bond acceptors (Lipinski definition) is 2. The molecule has 1 saturated heterocycles. The van der Waals surface area contributed by atoms with Crippen LogP contribution in [0.2, 0.25) is 0 Å². The van der Waals surface area contributed by atoms with Crippen LogP contribution in [-0.2, 0) is 4.74 Å². The molecule has 1 aromatic carbocycles. The molecule has 2 nitrogen and oxygen atoms in total. The highest BCUT2D eigenvalue weighted by Crippen LogP contribution is 2.27. The molecule has 14 heavy (non-hydrogen) atoms. The van der Waals surface area contributed by atoms with E-state index in [-0.39, 0.29) is 0 Å². The van der Waals surface area contributed by atoms with Gasteiger partial charge >= 0.3 is 0 Å². The van der Waals surface area contributed by atoms with Gasteiger partial charge in [-0.15, -0.1) is 0 Å². The summed E-state index contributed by atoms with van der Waals surface area (Å²) in [6.07, 6.45) is 4.08. The summed E-state index contributed by atoms with van der Waals surface area (Å²) in [5, 5.41) is 0. The third kappa shape index (κ3) is 1.86. The lowest BCUT2D eigenvalue weighted by Crippen LogP contribution is -2.25. The smallest absolute Gasteiger partial charge is 0.0557 e. The fraction of sp³-hybridized carbons (Fsp3) is 0.333. The first kappa shape index (κ1) is 9.44. The summed E-state index contributed by atoms with van der Waals surface area (Å²) >= 11 is 0. The average Bonchev–Trinajstić information content (AvgIpc) is 2.14. The lowest BCUT2D eigenvalue weighted by molar-refractivity contribution is 0.00834. The van der Waals surface area contributed by atoms with Crippen LogP contribution < -0.4 is 5.73 Å². The maximum absolute atomic E-state index is 5.44. The van der Waals surface area contributed by atoms with Crippen LogP contribution in [0, 0.1) is 0 Å². The van der Waals surface area contributed by atoms with E-state index in [2.05, 4.69) is 30.3 Å². The van der Waals surface area contributed by atoms with Crippen molar-refractivity contribution in [2.45, 2.75) is 5.92 Å². The second kappa shape index (κ2) is 4.40. The van der Waals surface area contributed by atoms with Gasteiger partial charge in [0, 0.05) is 12.5 Å². The number of rotatable bonds is 3. The van der Waals surface area contributed by atoms with Crippen LogP contribution in [-0.4, -0.2) is 19.8 Å². The summed E-state index contributed by atoms with van der Waals surface area (Å²) in [5.74, 6) is 0.577. The molecular weight excluding hydrogens is 174 g/mol. The zero-order chi connectivity index (χ0) is 9.80. The SMILES string of the molecule is NC/C=C/c1ccccc1C1COC1. The second-order valence-electron chi connectivity index (χ2n) is 3.50. The van der Waals surface area contributed by atoms with E-state index in [1.807, 2.05) is 6.08 Å². The molecule has 0 atom stereocenters. The molecule has 0 spiro atoms. The summed E-state index contributed by atoms with van der Waals surface area (Å²) in [6, 6.07) is 8.43. The molecule has 1 fully saturated rings. The molecule has 1 aliphatic rings. The van der Waals surface area contributed by atoms with Gasteiger partial charge in [0.1, 0.15) is 0 Å². The molecule has 0 saturated carbocycles. The molecule has 0 radical (unpaired) electrons. The number of hydrogen-bond donors (Lipinski definition) is 1. The normalized spacial score (nSPS) is 17.2. The Bertz CT molecular complexity index is 329. The minimum Gasteiger partial charge on any atom is -0.380 e. The molecule has 0 aromatic heterocycles. The van der Waals surface area contributed by atoms with Gasteiger partial charge in [-0.2, -0.15) is 0 Å². The van der Waals surface area contributed by atoms with Gasteiger partial charge in [-0.1, -0.05) is 36.4 Å². The van der Waals surface area contributed by atoms with E-state index in [0.717, 1.165) is 13.2 Å². The third-order valence-corrected chi connectivity index (χ3v) is 2.51. The largest absolute Gasteiger partial charge is 0.380 e. The first-order chi connectivity index (χ1) is 6.92. The summed E-state index contributed by atoms with van der Waals surface area (Å²) < 4.78 is 5.20. The van der Waals surface area contributed by atoms with Crippen molar-refractivity contribution in [3.8, 4) is 0 Å². The highest BCUT2D eigenvalue weighted by molar-refractivity contribution is 5.55. The molecule has 0 aliphatic carbocycles. The van der Waals surface area contributed by atoms with Gasteiger partial charge in [-0.3, -0.25) is 0 Å².